The summed E-state index contributed by atoms with van der Waals surface area (Å²) in [4.78, 5) is 8.63. The molecule has 1 aliphatic rings. The Morgan fingerprint density at radius 2 is 1.67 bits per heavy atom. The van der Waals surface area contributed by atoms with Gasteiger partial charge in [0.1, 0.15) is 0 Å². The lowest BCUT2D eigenvalue weighted by Crippen LogP contribution is -2.46. The predicted molar refractivity (Wildman–Crippen MR) is 107 cm³/mol. The molecule has 3 aromatic rings. The standard InChI is InChI=1S/C22H23F3N4O/c23-22(24,25)18-7-4-8-19(15-18)29-13-11-28(12-14-29)16-21-26-20(27-30-21)10-9-17-5-2-1-3-6-17/h1-8,15H,9-14,16H2. The van der Waals surface area contributed by atoms with Gasteiger partial charge in [0.05, 0.1) is 12.1 Å². The highest BCUT2D eigenvalue weighted by atomic mass is 19.4. The highest BCUT2D eigenvalue weighted by Crippen LogP contribution is 2.31. The molecule has 0 radical (unpaired) electrons. The van der Waals surface area contributed by atoms with Crippen LogP contribution in [0.4, 0.5) is 18.9 Å². The molecular weight excluding hydrogens is 393 g/mol. The van der Waals surface area contributed by atoms with Crippen molar-refractivity contribution in [3.05, 3.63) is 77.4 Å². The summed E-state index contributed by atoms with van der Waals surface area (Å²) in [5.74, 6) is 1.27. The number of hydrogen-bond donors (Lipinski definition) is 0. The summed E-state index contributed by atoms with van der Waals surface area (Å²) >= 11 is 0. The molecule has 1 aliphatic heterocycles. The van der Waals surface area contributed by atoms with Crippen LogP contribution >= 0.6 is 0 Å². The van der Waals surface area contributed by atoms with Crippen LogP contribution in [-0.4, -0.2) is 41.2 Å². The number of alkyl halides is 3. The first-order chi connectivity index (χ1) is 14.5. The molecule has 0 atom stereocenters. The third-order valence-corrected chi connectivity index (χ3v) is 5.26. The van der Waals surface area contributed by atoms with Gasteiger partial charge in [0.2, 0.25) is 5.89 Å². The first-order valence-corrected chi connectivity index (χ1v) is 9.97. The van der Waals surface area contributed by atoms with Crippen LogP contribution in [0.3, 0.4) is 0 Å². The van der Waals surface area contributed by atoms with Crippen LogP contribution in [0.1, 0.15) is 22.8 Å². The number of aromatic nitrogens is 2. The van der Waals surface area contributed by atoms with Gasteiger partial charge >= 0.3 is 6.18 Å². The average Bonchev–Trinajstić information content (AvgIpc) is 3.20. The zero-order valence-corrected chi connectivity index (χ0v) is 16.5. The van der Waals surface area contributed by atoms with Gasteiger partial charge in [-0.25, -0.2) is 0 Å². The molecule has 2 aromatic carbocycles. The molecular formula is C22H23F3N4O. The van der Waals surface area contributed by atoms with Gasteiger partial charge in [0, 0.05) is 38.3 Å². The number of anilines is 1. The first kappa shape index (κ1) is 20.4. The summed E-state index contributed by atoms with van der Waals surface area (Å²) < 4.78 is 44.2. The van der Waals surface area contributed by atoms with Crippen molar-refractivity contribution < 1.29 is 17.7 Å². The lowest BCUT2D eigenvalue weighted by atomic mass is 10.1. The summed E-state index contributed by atoms with van der Waals surface area (Å²) in [5, 5.41) is 4.06. The Labute approximate surface area is 173 Å². The molecule has 1 aromatic heterocycles. The smallest absolute Gasteiger partial charge is 0.369 e. The van der Waals surface area contributed by atoms with E-state index in [0.29, 0.717) is 37.0 Å². The van der Waals surface area contributed by atoms with E-state index in [9.17, 15) is 13.2 Å². The maximum Gasteiger partial charge on any atom is 0.416 e. The Morgan fingerprint density at radius 1 is 0.900 bits per heavy atom. The largest absolute Gasteiger partial charge is 0.416 e. The normalized spacial score (nSPS) is 15.5. The third kappa shape index (κ3) is 5.18. The Balaban J connectivity index is 1.28. The fraction of sp³-hybridized carbons (Fsp3) is 0.364. The van der Waals surface area contributed by atoms with Crippen molar-refractivity contribution >= 4 is 5.69 Å². The minimum Gasteiger partial charge on any atom is -0.369 e. The van der Waals surface area contributed by atoms with Crippen molar-refractivity contribution in [2.45, 2.75) is 25.6 Å². The lowest BCUT2D eigenvalue weighted by Gasteiger charge is -2.35. The average molecular weight is 416 g/mol. The van der Waals surface area contributed by atoms with Crippen molar-refractivity contribution in [2.24, 2.45) is 0 Å². The van der Waals surface area contributed by atoms with E-state index in [1.165, 1.54) is 17.7 Å². The molecule has 4 rings (SSSR count). The highest BCUT2D eigenvalue weighted by molar-refractivity contribution is 5.49. The lowest BCUT2D eigenvalue weighted by molar-refractivity contribution is -0.137. The molecule has 5 nitrogen and oxygen atoms in total. The van der Waals surface area contributed by atoms with E-state index in [1.807, 2.05) is 23.1 Å². The number of piperazine rings is 1. The van der Waals surface area contributed by atoms with Gasteiger partial charge in [-0.1, -0.05) is 41.6 Å². The first-order valence-electron chi connectivity index (χ1n) is 9.97. The Hall–Kier alpha value is -2.87. The summed E-state index contributed by atoms with van der Waals surface area (Å²) in [6.07, 6.45) is -2.75. The van der Waals surface area contributed by atoms with Crippen molar-refractivity contribution in [1.29, 1.82) is 0 Å². The minimum absolute atomic E-state index is 0.550. The summed E-state index contributed by atoms with van der Waals surface area (Å²) in [6.45, 7) is 3.29. The molecule has 1 fully saturated rings. The van der Waals surface area contributed by atoms with E-state index >= 15 is 0 Å². The van der Waals surface area contributed by atoms with Gasteiger partial charge in [-0.3, -0.25) is 4.90 Å². The number of halogens is 3. The number of rotatable bonds is 6. The summed E-state index contributed by atoms with van der Waals surface area (Å²) in [7, 11) is 0. The van der Waals surface area contributed by atoms with Crippen LogP contribution in [0.2, 0.25) is 0 Å². The van der Waals surface area contributed by atoms with Crippen LogP contribution in [-0.2, 0) is 25.6 Å². The maximum atomic E-state index is 12.9. The second kappa shape index (κ2) is 8.87. The molecule has 0 aliphatic carbocycles. The Kier molecular flexibility index (Phi) is 6.03. The van der Waals surface area contributed by atoms with E-state index < -0.39 is 11.7 Å². The molecule has 30 heavy (non-hydrogen) atoms. The molecule has 0 unspecified atom stereocenters. The molecule has 0 saturated carbocycles. The van der Waals surface area contributed by atoms with E-state index in [4.69, 9.17) is 4.52 Å². The highest BCUT2D eigenvalue weighted by Gasteiger charge is 2.31. The molecule has 0 amide bonds. The van der Waals surface area contributed by atoms with Gasteiger partial charge < -0.3 is 9.42 Å². The van der Waals surface area contributed by atoms with Gasteiger partial charge in [0.15, 0.2) is 5.82 Å². The Bertz CT molecular complexity index is 950. The zero-order chi connectivity index (χ0) is 21.0. The quantitative estimate of drug-likeness (QED) is 0.603. The third-order valence-electron chi connectivity index (χ3n) is 5.26. The fourth-order valence-electron chi connectivity index (χ4n) is 3.59. The van der Waals surface area contributed by atoms with Crippen LogP contribution in [0.5, 0.6) is 0 Å². The van der Waals surface area contributed by atoms with Crippen LogP contribution in [0, 0.1) is 0 Å². The molecule has 158 valence electrons. The molecule has 2 heterocycles. The minimum atomic E-state index is -4.33. The Morgan fingerprint density at radius 3 is 2.40 bits per heavy atom. The SMILES string of the molecule is FC(F)(F)c1cccc(N2CCN(Cc3nc(CCc4ccccc4)no3)CC2)c1. The van der Waals surface area contributed by atoms with Crippen LogP contribution in [0.15, 0.2) is 59.1 Å². The molecule has 0 N–H and O–H groups in total. The maximum absolute atomic E-state index is 12.9. The van der Waals surface area contributed by atoms with E-state index in [0.717, 1.165) is 32.0 Å². The summed E-state index contributed by atoms with van der Waals surface area (Å²) in [6, 6.07) is 15.7. The fourth-order valence-corrected chi connectivity index (χ4v) is 3.59. The number of hydrogen-bond acceptors (Lipinski definition) is 5. The van der Waals surface area contributed by atoms with Gasteiger partial charge in [-0.05, 0) is 30.2 Å². The van der Waals surface area contributed by atoms with Crippen molar-refractivity contribution in [1.82, 2.24) is 15.0 Å². The number of benzene rings is 2. The van der Waals surface area contributed by atoms with Gasteiger partial charge in [-0.15, -0.1) is 0 Å². The monoisotopic (exact) mass is 416 g/mol. The van der Waals surface area contributed by atoms with E-state index in [1.54, 1.807) is 6.07 Å². The van der Waals surface area contributed by atoms with E-state index in [2.05, 4.69) is 27.2 Å². The molecule has 8 heteroatoms. The number of nitrogens with zero attached hydrogens (tertiary/aromatic N) is 4. The van der Waals surface area contributed by atoms with Crippen LogP contribution < -0.4 is 4.90 Å². The summed E-state index contributed by atoms with van der Waals surface area (Å²) in [5.41, 5.74) is 1.22. The van der Waals surface area contributed by atoms with Crippen molar-refractivity contribution in [2.75, 3.05) is 31.1 Å². The second-order valence-corrected chi connectivity index (χ2v) is 7.40. The number of aryl methyl sites for hydroxylation is 2. The van der Waals surface area contributed by atoms with Crippen LogP contribution in [0.25, 0.3) is 0 Å². The second-order valence-electron chi connectivity index (χ2n) is 7.40. The topological polar surface area (TPSA) is 45.4 Å². The molecule has 0 spiro atoms. The van der Waals surface area contributed by atoms with E-state index in [-0.39, 0.29) is 0 Å². The molecule has 0 bridgehead atoms. The zero-order valence-electron chi connectivity index (χ0n) is 16.5. The van der Waals surface area contributed by atoms with Crippen molar-refractivity contribution in [3.63, 3.8) is 0 Å². The predicted octanol–water partition coefficient (Wildman–Crippen LogP) is 4.20. The van der Waals surface area contributed by atoms with Crippen molar-refractivity contribution in [3.8, 4) is 0 Å². The van der Waals surface area contributed by atoms with Gasteiger partial charge in [0.25, 0.3) is 0 Å². The van der Waals surface area contributed by atoms with Gasteiger partial charge in [-0.2, -0.15) is 18.2 Å². The molecule has 1 saturated heterocycles.